The monoisotopic (exact) mass is 395 g/mol. The van der Waals surface area contributed by atoms with Gasteiger partial charge in [-0.2, -0.15) is 4.36 Å². The molecule has 28 heavy (non-hydrogen) atoms. The molecule has 0 saturated heterocycles. The summed E-state index contributed by atoms with van der Waals surface area (Å²) in [6.07, 6.45) is 12.6. The van der Waals surface area contributed by atoms with Crippen LogP contribution in [0.1, 0.15) is 23.7 Å². The minimum atomic E-state index is -2.72. The van der Waals surface area contributed by atoms with Crippen molar-refractivity contribution in [2.24, 2.45) is 4.36 Å². The molecule has 1 N–H and O–H groups in total. The van der Waals surface area contributed by atoms with Gasteiger partial charge in [0.15, 0.2) is 0 Å². The fourth-order valence-electron chi connectivity index (χ4n) is 2.86. The molecule has 1 aliphatic carbocycles. The number of carbonyl (C=O) groups is 2. The van der Waals surface area contributed by atoms with E-state index in [1.807, 2.05) is 30.4 Å². The quantitative estimate of drug-likeness (QED) is 0.852. The number of hydrogen-bond acceptors (Lipinski definition) is 4. The lowest BCUT2D eigenvalue weighted by molar-refractivity contribution is -0.114. The number of allylic oxidation sites excluding steroid dienone is 3. The highest BCUT2D eigenvalue weighted by molar-refractivity contribution is 7.94. The van der Waals surface area contributed by atoms with E-state index in [9.17, 15) is 13.8 Å². The Kier molecular flexibility index (Phi) is 5.84. The van der Waals surface area contributed by atoms with Gasteiger partial charge in [0.1, 0.15) is 0 Å². The molecule has 1 heterocycles. The van der Waals surface area contributed by atoms with Crippen LogP contribution in [-0.2, 0) is 14.5 Å². The van der Waals surface area contributed by atoms with Crippen molar-refractivity contribution in [3.05, 3.63) is 72.6 Å². The average Bonchev–Trinajstić information content (AvgIpc) is 2.68. The van der Waals surface area contributed by atoms with E-state index in [4.69, 9.17) is 0 Å². The fraction of sp³-hybridized carbons (Fsp3) is 0.190. The van der Waals surface area contributed by atoms with Crippen LogP contribution in [0.15, 0.2) is 71.4 Å². The molecule has 2 amide bonds. The number of nitrogens with zero attached hydrogens (tertiary/aromatic N) is 2. The van der Waals surface area contributed by atoms with E-state index < -0.39 is 15.6 Å². The number of carbonyl (C=O) groups excluding carboxylic acids is 2. The number of hydrogen-bond donors (Lipinski definition) is 1. The van der Waals surface area contributed by atoms with E-state index in [1.165, 1.54) is 19.4 Å². The standard InChI is InChI=1S/C21H21N3O3S/c1-15(25)23-19-8-6-7-16(12-19)17-11-18(14-22-13-17)21(26)24-28(2,27)20-9-4-3-5-10-20/h3-9,11-14,20H,10H2,1-2H3,(H,23,25)/t20?,28-/m0/s1. The Hall–Kier alpha value is -3.06. The number of benzene rings is 1. The van der Waals surface area contributed by atoms with Gasteiger partial charge in [-0.25, -0.2) is 4.21 Å². The van der Waals surface area contributed by atoms with Gasteiger partial charge in [0.25, 0.3) is 5.91 Å². The molecule has 2 atom stereocenters. The molecule has 0 aliphatic heterocycles. The predicted molar refractivity (Wildman–Crippen MR) is 111 cm³/mol. The molecule has 3 rings (SSSR count). The molecule has 1 aliphatic rings. The van der Waals surface area contributed by atoms with Crippen molar-refractivity contribution in [1.29, 1.82) is 0 Å². The van der Waals surface area contributed by atoms with Crippen LogP contribution in [0.25, 0.3) is 11.1 Å². The summed E-state index contributed by atoms with van der Waals surface area (Å²) in [6, 6.07) is 8.90. The Morgan fingerprint density at radius 3 is 2.71 bits per heavy atom. The van der Waals surface area contributed by atoms with Crippen LogP contribution in [0.3, 0.4) is 0 Å². The molecule has 0 fully saturated rings. The van der Waals surface area contributed by atoms with Gasteiger partial charge >= 0.3 is 0 Å². The zero-order valence-electron chi connectivity index (χ0n) is 15.7. The third-order valence-corrected chi connectivity index (χ3v) is 6.27. The van der Waals surface area contributed by atoms with Gasteiger partial charge in [-0.05, 0) is 30.2 Å². The van der Waals surface area contributed by atoms with Crippen molar-refractivity contribution < 1.29 is 13.8 Å². The molecule has 0 spiro atoms. The predicted octanol–water partition coefficient (Wildman–Crippen LogP) is 3.83. The van der Waals surface area contributed by atoms with Crippen LogP contribution in [0.2, 0.25) is 0 Å². The van der Waals surface area contributed by atoms with Crippen molar-refractivity contribution in [2.75, 3.05) is 11.6 Å². The molecule has 0 radical (unpaired) electrons. The largest absolute Gasteiger partial charge is 0.326 e. The number of nitrogens with one attached hydrogen (secondary N) is 1. The Labute approximate surface area is 164 Å². The minimum absolute atomic E-state index is 0.165. The zero-order chi connectivity index (χ0) is 20.1. The third kappa shape index (κ3) is 4.80. The molecule has 0 bridgehead atoms. The summed E-state index contributed by atoms with van der Waals surface area (Å²) in [6.45, 7) is 1.44. The maximum atomic E-state index is 12.9. The number of anilines is 1. The van der Waals surface area contributed by atoms with Crippen LogP contribution in [0.5, 0.6) is 0 Å². The summed E-state index contributed by atoms with van der Waals surface area (Å²) < 4.78 is 16.9. The number of pyridine rings is 1. The first-order valence-electron chi connectivity index (χ1n) is 8.77. The van der Waals surface area contributed by atoms with E-state index in [2.05, 4.69) is 14.7 Å². The van der Waals surface area contributed by atoms with Gasteiger partial charge < -0.3 is 5.32 Å². The van der Waals surface area contributed by atoms with Gasteiger partial charge in [-0.1, -0.05) is 36.4 Å². The molecular weight excluding hydrogens is 374 g/mol. The Bertz CT molecular complexity index is 1100. The third-order valence-electron chi connectivity index (χ3n) is 4.27. The molecule has 1 unspecified atom stereocenters. The lowest BCUT2D eigenvalue weighted by Crippen LogP contribution is -2.19. The van der Waals surface area contributed by atoms with E-state index in [0.29, 0.717) is 17.7 Å². The second-order valence-electron chi connectivity index (χ2n) is 6.57. The lowest BCUT2D eigenvalue weighted by Gasteiger charge is -2.14. The molecule has 6 nitrogen and oxygen atoms in total. The second-order valence-corrected chi connectivity index (χ2v) is 9.08. The van der Waals surface area contributed by atoms with Gasteiger partial charge in [0.05, 0.1) is 20.5 Å². The van der Waals surface area contributed by atoms with Crippen molar-refractivity contribution in [2.45, 2.75) is 18.6 Å². The van der Waals surface area contributed by atoms with E-state index in [1.54, 1.807) is 30.5 Å². The highest BCUT2D eigenvalue weighted by Gasteiger charge is 2.19. The summed E-state index contributed by atoms with van der Waals surface area (Å²) in [5.74, 6) is -0.717. The average molecular weight is 395 g/mol. The van der Waals surface area contributed by atoms with E-state index in [0.717, 1.165) is 5.56 Å². The van der Waals surface area contributed by atoms with Crippen molar-refractivity contribution >= 4 is 27.2 Å². The number of rotatable bonds is 4. The maximum Gasteiger partial charge on any atom is 0.286 e. The van der Waals surface area contributed by atoms with Crippen LogP contribution in [-0.4, -0.2) is 32.5 Å². The summed E-state index contributed by atoms with van der Waals surface area (Å²) in [5, 5.41) is 2.44. The Morgan fingerprint density at radius 1 is 1.18 bits per heavy atom. The second kappa shape index (κ2) is 8.31. The van der Waals surface area contributed by atoms with Crippen molar-refractivity contribution in [3.8, 4) is 11.1 Å². The van der Waals surface area contributed by atoms with Gasteiger partial charge in [0, 0.05) is 36.8 Å². The van der Waals surface area contributed by atoms with Gasteiger partial charge in [0.2, 0.25) is 5.91 Å². The van der Waals surface area contributed by atoms with E-state index in [-0.39, 0.29) is 16.7 Å². The first kappa shape index (κ1) is 19.7. The lowest BCUT2D eigenvalue weighted by atomic mass is 10.1. The number of amides is 2. The normalized spacial score (nSPS) is 17.6. The maximum absolute atomic E-state index is 12.9. The summed E-state index contributed by atoms with van der Waals surface area (Å²) >= 11 is 0. The van der Waals surface area contributed by atoms with Crippen molar-refractivity contribution in [3.63, 3.8) is 0 Å². The van der Waals surface area contributed by atoms with E-state index >= 15 is 0 Å². The first-order valence-corrected chi connectivity index (χ1v) is 10.8. The molecule has 144 valence electrons. The minimum Gasteiger partial charge on any atom is -0.326 e. The van der Waals surface area contributed by atoms with Crippen LogP contribution >= 0.6 is 0 Å². The van der Waals surface area contributed by atoms with Crippen LogP contribution in [0, 0.1) is 0 Å². The SMILES string of the molecule is CC(=O)Nc1cccc(-c2cncc(C(=O)N=[S@@](C)(=O)C3C=CC=CC3)c2)c1. The van der Waals surface area contributed by atoms with Gasteiger partial charge in [-0.3, -0.25) is 14.6 Å². The highest BCUT2D eigenvalue weighted by atomic mass is 32.2. The fourth-order valence-corrected chi connectivity index (χ4v) is 4.28. The Morgan fingerprint density at radius 2 is 2.00 bits per heavy atom. The Balaban J connectivity index is 1.89. The van der Waals surface area contributed by atoms with Crippen LogP contribution in [0.4, 0.5) is 5.69 Å². The van der Waals surface area contributed by atoms with Crippen molar-refractivity contribution in [1.82, 2.24) is 4.98 Å². The molecule has 2 aromatic rings. The summed E-state index contributed by atoms with van der Waals surface area (Å²) in [4.78, 5) is 28.0. The smallest absolute Gasteiger partial charge is 0.286 e. The molecular formula is C21H21N3O3S. The topological polar surface area (TPSA) is 88.5 Å². The summed E-state index contributed by atoms with van der Waals surface area (Å²) in [7, 11) is -2.72. The number of aromatic nitrogens is 1. The molecule has 1 aromatic carbocycles. The molecule has 0 saturated carbocycles. The summed E-state index contributed by atoms with van der Waals surface area (Å²) in [5.41, 5.74) is 2.43. The highest BCUT2D eigenvalue weighted by Crippen LogP contribution is 2.23. The van der Waals surface area contributed by atoms with Gasteiger partial charge in [-0.15, -0.1) is 0 Å². The molecule has 7 heteroatoms. The zero-order valence-corrected chi connectivity index (χ0v) is 16.5. The molecule has 1 aromatic heterocycles. The van der Waals surface area contributed by atoms with Crippen LogP contribution < -0.4 is 5.32 Å². The first-order chi connectivity index (χ1) is 13.3.